The van der Waals surface area contributed by atoms with Gasteiger partial charge in [0, 0.05) is 5.57 Å². The van der Waals surface area contributed by atoms with Crippen molar-refractivity contribution in [3.05, 3.63) is 12.2 Å². The average molecular weight is 465 g/mol. The molecule has 33 heavy (non-hydrogen) atoms. The first-order valence-electron chi connectivity index (χ1n) is 14.9. The van der Waals surface area contributed by atoms with Crippen LogP contribution in [0.2, 0.25) is 0 Å². The lowest BCUT2D eigenvalue weighted by Gasteiger charge is -2.08. The van der Waals surface area contributed by atoms with Gasteiger partial charge in [-0.25, -0.2) is 4.79 Å². The third-order valence-corrected chi connectivity index (χ3v) is 6.78. The van der Waals surface area contributed by atoms with Crippen LogP contribution in [0.25, 0.3) is 0 Å². The number of rotatable bonds is 26. The fraction of sp³-hybridized carbons (Fsp3) is 0.903. The summed E-state index contributed by atoms with van der Waals surface area (Å²) in [6.07, 6.45) is 30.1. The third-order valence-electron chi connectivity index (χ3n) is 6.78. The van der Waals surface area contributed by atoms with Gasteiger partial charge in [-0.2, -0.15) is 0 Å². The molecule has 0 spiro atoms. The second kappa shape index (κ2) is 25.8. The minimum atomic E-state index is -0.171. The summed E-state index contributed by atoms with van der Waals surface area (Å²) in [5.74, 6) is 0.641. The van der Waals surface area contributed by atoms with E-state index in [2.05, 4.69) is 27.4 Å². The first-order chi connectivity index (χ1) is 16.1. The van der Waals surface area contributed by atoms with Crippen molar-refractivity contribution in [2.24, 2.45) is 5.92 Å². The Labute approximate surface area is 208 Å². The van der Waals surface area contributed by atoms with E-state index < -0.39 is 0 Å². The summed E-state index contributed by atoms with van der Waals surface area (Å²) in [4.78, 5) is 12.0. The summed E-state index contributed by atoms with van der Waals surface area (Å²) in [5.41, 5.74) is 0.664. The van der Waals surface area contributed by atoms with Gasteiger partial charge in [-0.15, -0.1) is 0 Å². The molecule has 0 amide bonds. The van der Waals surface area contributed by atoms with Gasteiger partial charge in [0.2, 0.25) is 0 Å². The molecule has 0 N–H and O–H groups in total. The van der Waals surface area contributed by atoms with Gasteiger partial charge in [0.25, 0.3) is 0 Å². The van der Waals surface area contributed by atoms with E-state index in [0.29, 0.717) is 12.2 Å². The molecule has 0 aromatic rings. The first kappa shape index (κ1) is 32.2. The van der Waals surface area contributed by atoms with E-state index in [4.69, 9.17) is 4.74 Å². The van der Waals surface area contributed by atoms with Crippen molar-refractivity contribution < 1.29 is 9.53 Å². The zero-order valence-electron chi connectivity index (χ0n) is 23.1. The van der Waals surface area contributed by atoms with Crippen LogP contribution in [0.4, 0.5) is 0 Å². The monoisotopic (exact) mass is 464 g/mol. The molecule has 0 unspecified atom stereocenters. The standard InChI is InChI=1S/C31H60O2/c1-5-6-7-8-9-10-11-12-13-14-15-16-17-18-21-24-27-30(4)31(32)33-28-25-22-19-20-23-26-29(2)3/h29H,4-28H2,1-3H3. The molecule has 2 nitrogen and oxygen atoms in total. The molecular weight excluding hydrogens is 404 g/mol. The molecule has 0 heterocycles. The highest BCUT2D eigenvalue weighted by molar-refractivity contribution is 5.87. The highest BCUT2D eigenvalue weighted by Gasteiger charge is 2.08. The highest BCUT2D eigenvalue weighted by Crippen LogP contribution is 2.16. The zero-order chi connectivity index (χ0) is 24.4. The lowest BCUT2D eigenvalue weighted by atomic mass is 10.0. The predicted octanol–water partition coefficient (Wildman–Crippen LogP) is 10.7. The van der Waals surface area contributed by atoms with Crippen LogP contribution in [0.3, 0.4) is 0 Å². The molecule has 0 saturated carbocycles. The molecule has 0 saturated heterocycles. The van der Waals surface area contributed by atoms with Crippen LogP contribution in [0.15, 0.2) is 12.2 Å². The maximum absolute atomic E-state index is 12.0. The number of carbonyl (C=O) groups excluding carboxylic acids is 1. The minimum absolute atomic E-state index is 0.171. The van der Waals surface area contributed by atoms with Crippen LogP contribution < -0.4 is 0 Å². The smallest absolute Gasteiger partial charge is 0.333 e. The number of hydrogen-bond acceptors (Lipinski definition) is 2. The Morgan fingerprint density at radius 2 is 1.00 bits per heavy atom. The summed E-state index contributed by atoms with van der Waals surface area (Å²) < 4.78 is 5.39. The number of esters is 1. The second-order valence-corrected chi connectivity index (χ2v) is 10.7. The molecule has 0 aliphatic carbocycles. The Hall–Kier alpha value is -0.790. The van der Waals surface area contributed by atoms with Gasteiger partial charge < -0.3 is 4.74 Å². The lowest BCUT2D eigenvalue weighted by Crippen LogP contribution is -2.08. The van der Waals surface area contributed by atoms with E-state index in [1.165, 1.54) is 122 Å². The molecule has 0 rings (SSSR count). The Morgan fingerprint density at radius 1 is 0.606 bits per heavy atom. The summed E-state index contributed by atoms with van der Waals surface area (Å²) in [7, 11) is 0. The quantitative estimate of drug-likeness (QED) is 0.0722. The zero-order valence-corrected chi connectivity index (χ0v) is 23.1. The molecule has 0 radical (unpaired) electrons. The predicted molar refractivity (Wildman–Crippen MR) is 147 cm³/mol. The molecule has 0 atom stereocenters. The van der Waals surface area contributed by atoms with Gasteiger partial charge in [0.1, 0.15) is 0 Å². The van der Waals surface area contributed by atoms with Crippen LogP contribution in [0.5, 0.6) is 0 Å². The first-order valence-corrected chi connectivity index (χ1v) is 14.9. The average Bonchev–Trinajstić information content (AvgIpc) is 2.80. The molecule has 0 aliphatic heterocycles. The summed E-state index contributed by atoms with van der Waals surface area (Å²) >= 11 is 0. The molecular formula is C31H60O2. The van der Waals surface area contributed by atoms with Gasteiger partial charge in [0.15, 0.2) is 0 Å². The summed E-state index contributed by atoms with van der Waals surface area (Å²) in [6.45, 7) is 11.4. The molecule has 0 fully saturated rings. The Morgan fingerprint density at radius 3 is 1.45 bits per heavy atom. The van der Waals surface area contributed by atoms with Gasteiger partial charge in [-0.05, 0) is 25.2 Å². The molecule has 0 aromatic carbocycles. The topological polar surface area (TPSA) is 26.3 Å². The molecule has 196 valence electrons. The largest absolute Gasteiger partial charge is 0.462 e. The SMILES string of the molecule is C=C(CCCCCCCCCCCCCCCCCC)C(=O)OCCCCCCCC(C)C. The van der Waals surface area contributed by atoms with E-state index in [9.17, 15) is 4.79 Å². The third kappa shape index (κ3) is 25.7. The summed E-state index contributed by atoms with van der Waals surface area (Å²) in [6, 6.07) is 0. The van der Waals surface area contributed by atoms with E-state index in [0.717, 1.165) is 31.6 Å². The lowest BCUT2D eigenvalue weighted by molar-refractivity contribution is -0.139. The van der Waals surface area contributed by atoms with Crippen LogP contribution in [-0.2, 0) is 9.53 Å². The normalized spacial score (nSPS) is 11.3. The fourth-order valence-electron chi connectivity index (χ4n) is 4.44. The molecule has 0 bridgehead atoms. The van der Waals surface area contributed by atoms with E-state index in [1.807, 2.05) is 0 Å². The van der Waals surface area contributed by atoms with Crippen LogP contribution in [-0.4, -0.2) is 12.6 Å². The minimum Gasteiger partial charge on any atom is -0.462 e. The molecule has 2 heteroatoms. The number of unbranched alkanes of at least 4 members (excludes halogenated alkanes) is 19. The van der Waals surface area contributed by atoms with Crippen molar-refractivity contribution in [2.75, 3.05) is 6.61 Å². The molecule has 0 aromatic heterocycles. The van der Waals surface area contributed by atoms with Crippen molar-refractivity contribution in [2.45, 2.75) is 168 Å². The Kier molecular flexibility index (Phi) is 25.2. The maximum atomic E-state index is 12.0. The number of carbonyl (C=O) groups is 1. The van der Waals surface area contributed by atoms with Crippen molar-refractivity contribution in [3.63, 3.8) is 0 Å². The van der Waals surface area contributed by atoms with Crippen LogP contribution >= 0.6 is 0 Å². The van der Waals surface area contributed by atoms with Crippen LogP contribution in [0, 0.1) is 5.92 Å². The fourth-order valence-corrected chi connectivity index (χ4v) is 4.44. The van der Waals surface area contributed by atoms with E-state index >= 15 is 0 Å². The van der Waals surface area contributed by atoms with Crippen molar-refractivity contribution in [1.82, 2.24) is 0 Å². The Bertz CT molecular complexity index is 427. The van der Waals surface area contributed by atoms with E-state index in [1.54, 1.807) is 0 Å². The van der Waals surface area contributed by atoms with Crippen molar-refractivity contribution in [1.29, 1.82) is 0 Å². The van der Waals surface area contributed by atoms with Crippen LogP contribution in [0.1, 0.15) is 168 Å². The van der Waals surface area contributed by atoms with Crippen molar-refractivity contribution >= 4 is 5.97 Å². The molecule has 0 aliphatic rings. The summed E-state index contributed by atoms with van der Waals surface area (Å²) in [5, 5.41) is 0. The van der Waals surface area contributed by atoms with Gasteiger partial charge in [-0.3, -0.25) is 0 Å². The number of hydrogen-bond donors (Lipinski definition) is 0. The van der Waals surface area contributed by atoms with Gasteiger partial charge in [-0.1, -0.05) is 156 Å². The Balaban J connectivity index is 3.29. The van der Waals surface area contributed by atoms with E-state index in [-0.39, 0.29) is 5.97 Å². The highest BCUT2D eigenvalue weighted by atomic mass is 16.5. The van der Waals surface area contributed by atoms with Gasteiger partial charge in [0.05, 0.1) is 6.61 Å². The maximum Gasteiger partial charge on any atom is 0.333 e. The number of ether oxygens (including phenoxy) is 1. The second-order valence-electron chi connectivity index (χ2n) is 10.7. The van der Waals surface area contributed by atoms with Crippen molar-refractivity contribution in [3.8, 4) is 0 Å². The van der Waals surface area contributed by atoms with Gasteiger partial charge >= 0.3 is 5.97 Å².